The molecule has 0 aromatic rings. The topological polar surface area (TPSA) is 0 Å². The highest BCUT2D eigenvalue weighted by Gasteiger charge is 2.44. The van der Waals surface area contributed by atoms with E-state index >= 15 is 0 Å². The molecule has 2 rings (SSSR count). The molecule has 2 aliphatic heterocycles. The van der Waals surface area contributed by atoms with Crippen molar-refractivity contribution in [3.8, 4) is 0 Å². The second-order valence-electron chi connectivity index (χ2n) is 5.89. The molecule has 82 valence electrons. The van der Waals surface area contributed by atoms with Gasteiger partial charge in [-0.3, -0.25) is 0 Å². The van der Waals surface area contributed by atoms with Gasteiger partial charge in [0, 0.05) is 12.8 Å². The largest absolute Gasteiger partial charge is 0.319 e. The zero-order valence-electron chi connectivity index (χ0n) is 10.1. The molecule has 0 radical (unpaired) electrons. The van der Waals surface area contributed by atoms with Crippen LogP contribution in [0.2, 0.25) is 0 Å². The third kappa shape index (κ3) is 1.60. The summed E-state index contributed by atoms with van der Waals surface area (Å²) >= 11 is 0. The number of quaternary nitrogens is 1. The molecule has 2 fully saturated rings. The van der Waals surface area contributed by atoms with E-state index in [2.05, 4.69) is 20.8 Å². The van der Waals surface area contributed by atoms with E-state index in [4.69, 9.17) is 0 Å². The van der Waals surface area contributed by atoms with E-state index in [1.807, 2.05) is 0 Å². The van der Waals surface area contributed by atoms with Gasteiger partial charge in [0.2, 0.25) is 0 Å². The van der Waals surface area contributed by atoms with Crippen LogP contribution in [-0.4, -0.2) is 29.7 Å². The van der Waals surface area contributed by atoms with Crippen molar-refractivity contribution in [2.45, 2.75) is 65.0 Å². The maximum Gasteiger partial charge on any atom is 0.0866 e. The zero-order valence-corrected chi connectivity index (χ0v) is 10.1. The number of nitrogens with zero attached hydrogens (tertiary/aromatic N) is 1. The Morgan fingerprint density at radius 2 is 1.29 bits per heavy atom. The maximum atomic E-state index is 2.50. The predicted molar refractivity (Wildman–Crippen MR) is 61.2 cm³/mol. The zero-order chi connectivity index (χ0) is 10.2. The fraction of sp³-hybridized carbons (Fsp3) is 1.00. The minimum absolute atomic E-state index is 0.925. The van der Waals surface area contributed by atoms with Crippen molar-refractivity contribution in [2.24, 2.45) is 5.92 Å². The van der Waals surface area contributed by atoms with Gasteiger partial charge in [0.25, 0.3) is 0 Å². The van der Waals surface area contributed by atoms with Gasteiger partial charge in [-0.05, 0) is 39.0 Å². The maximum absolute atomic E-state index is 2.50. The van der Waals surface area contributed by atoms with Gasteiger partial charge in [-0.2, -0.15) is 0 Å². The molecule has 14 heavy (non-hydrogen) atoms. The number of hydrogen-bond donors (Lipinski definition) is 0. The molecule has 0 aromatic carbocycles. The molecule has 1 heteroatoms. The molecule has 0 saturated carbocycles. The summed E-state index contributed by atoms with van der Waals surface area (Å²) in [7, 11) is 0. The first kappa shape index (κ1) is 10.5. The van der Waals surface area contributed by atoms with Gasteiger partial charge in [-0.25, -0.2) is 0 Å². The molecule has 0 bridgehead atoms. The van der Waals surface area contributed by atoms with Gasteiger partial charge < -0.3 is 4.48 Å². The molecular weight excluding hydrogens is 170 g/mol. The molecule has 2 atom stereocenters. The lowest BCUT2D eigenvalue weighted by atomic mass is 9.83. The van der Waals surface area contributed by atoms with Crippen LogP contribution >= 0.6 is 0 Å². The van der Waals surface area contributed by atoms with Crippen LogP contribution in [0.3, 0.4) is 0 Å². The van der Waals surface area contributed by atoms with Gasteiger partial charge in [0.15, 0.2) is 0 Å². The van der Waals surface area contributed by atoms with Crippen LogP contribution in [0.1, 0.15) is 52.9 Å². The standard InChI is InChI=1S/C13H26N/c1-11-9-12(2)14(13(3)10-11)7-5-4-6-8-14/h11-13H,4-10H2,1-3H3/q+1. The Hall–Kier alpha value is -0.0400. The second kappa shape index (κ2) is 3.84. The van der Waals surface area contributed by atoms with Crippen LogP contribution in [0.15, 0.2) is 0 Å². The van der Waals surface area contributed by atoms with Gasteiger partial charge in [0.1, 0.15) is 0 Å². The van der Waals surface area contributed by atoms with Crippen LogP contribution in [0.25, 0.3) is 0 Å². The normalized spacial score (nSPS) is 42.6. The Morgan fingerprint density at radius 3 is 1.79 bits per heavy atom. The van der Waals surface area contributed by atoms with Crippen LogP contribution in [-0.2, 0) is 0 Å². The molecule has 0 aliphatic carbocycles. The summed E-state index contributed by atoms with van der Waals surface area (Å²) in [5.41, 5.74) is 0. The van der Waals surface area contributed by atoms with Crippen LogP contribution in [0.4, 0.5) is 0 Å². The fourth-order valence-corrected chi connectivity index (χ4v) is 4.10. The van der Waals surface area contributed by atoms with E-state index in [9.17, 15) is 0 Å². The lowest BCUT2D eigenvalue weighted by molar-refractivity contribution is -0.979. The molecule has 1 spiro atoms. The fourth-order valence-electron chi connectivity index (χ4n) is 4.10. The van der Waals surface area contributed by atoms with Gasteiger partial charge >= 0.3 is 0 Å². The van der Waals surface area contributed by atoms with Gasteiger partial charge in [-0.15, -0.1) is 0 Å². The molecule has 2 heterocycles. The average molecular weight is 196 g/mol. The molecule has 2 aliphatic rings. The third-order valence-electron chi connectivity index (χ3n) is 4.89. The summed E-state index contributed by atoms with van der Waals surface area (Å²) < 4.78 is 1.46. The summed E-state index contributed by atoms with van der Waals surface area (Å²) in [6.07, 6.45) is 7.36. The summed E-state index contributed by atoms with van der Waals surface area (Å²) in [6, 6.07) is 1.85. The molecule has 2 saturated heterocycles. The van der Waals surface area contributed by atoms with Crippen molar-refractivity contribution in [3.63, 3.8) is 0 Å². The van der Waals surface area contributed by atoms with E-state index in [0.29, 0.717) is 0 Å². The summed E-state index contributed by atoms with van der Waals surface area (Å²) in [5.74, 6) is 0.964. The molecule has 0 N–H and O–H groups in total. The minimum Gasteiger partial charge on any atom is -0.319 e. The van der Waals surface area contributed by atoms with Gasteiger partial charge in [0.05, 0.1) is 25.2 Å². The smallest absolute Gasteiger partial charge is 0.0866 e. The van der Waals surface area contributed by atoms with E-state index in [1.165, 1.54) is 49.7 Å². The molecule has 0 aromatic heterocycles. The van der Waals surface area contributed by atoms with E-state index in [1.54, 1.807) is 0 Å². The van der Waals surface area contributed by atoms with Crippen LogP contribution < -0.4 is 0 Å². The Balaban J connectivity index is 2.14. The average Bonchev–Trinajstić information content (AvgIpc) is 2.16. The van der Waals surface area contributed by atoms with E-state index in [0.717, 1.165) is 18.0 Å². The van der Waals surface area contributed by atoms with Crippen LogP contribution in [0.5, 0.6) is 0 Å². The first-order valence-electron chi connectivity index (χ1n) is 6.51. The first-order chi connectivity index (χ1) is 6.65. The third-order valence-corrected chi connectivity index (χ3v) is 4.89. The lowest BCUT2D eigenvalue weighted by Crippen LogP contribution is -2.64. The van der Waals surface area contributed by atoms with Crippen molar-refractivity contribution in [1.82, 2.24) is 0 Å². The van der Waals surface area contributed by atoms with E-state index in [-0.39, 0.29) is 0 Å². The summed E-state index contributed by atoms with van der Waals surface area (Å²) in [5, 5.41) is 0. The first-order valence-corrected chi connectivity index (χ1v) is 6.51. The van der Waals surface area contributed by atoms with Crippen molar-refractivity contribution in [3.05, 3.63) is 0 Å². The molecular formula is C13H26N+. The van der Waals surface area contributed by atoms with Crippen molar-refractivity contribution in [2.75, 3.05) is 13.1 Å². The lowest BCUT2D eigenvalue weighted by Gasteiger charge is -2.54. The molecule has 1 nitrogen and oxygen atoms in total. The number of hydrogen-bond acceptors (Lipinski definition) is 0. The van der Waals surface area contributed by atoms with Crippen molar-refractivity contribution >= 4 is 0 Å². The Kier molecular flexibility index (Phi) is 2.88. The van der Waals surface area contributed by atoms with E-state index < -0.39 is 0 Å². The van der Waals surface area contributed by atoms with Gasteiger partial charge in [-0.1, -0.05) is 6.92 Å². The molecule has 2 unspecified atom stereocenters. The Bertz CT molecular complexity index is 179. The quantitative estimate of drug-likeness (QED) is 0.522. The Morgan fingerprint density at radius 1 is 0.786 bits per heavy atom. The highest BCUT2D eigenvalue weighted by Crippen LogP contribution is 2.37. The van der Waals surface area contributed by atoms with Crippen molar-refractivity contribution in [1.29, 1.82) is 0 Å². The molecule has 0 amide bonds. The SMILES string of the molecule is CC1CC(C)[N+]2(CCCCC2)C(C)C1. The second-order valence-corrected chi connectivity index (χ2v) is 5.89. The Labute approximate surface area is 89.1 Å². The summed E-state index contributed by atoms with van der Waals surface area (Å²) in [4.78, 5) is 0. The van der Waals surface area contributed by atoms with Crippen LogP contribution in [0, 0.1) is 5.92 Å². The highest BCUT2D eigenvalue weighted by molar-refractivity contribution is 4.75. The predicted octanol–water partition coefficient (Wildman–Crippen LogP) is 3.19. The highest BCUT2D eigenvalue weighted by atomic mass is 15.4. The number of piperidine rings is 2. The number of rotatable bonds is 0. The van der Waals surface area contributed by atoms with Crippen molar-refractivity contribution < 1.29 is 4.48 Å². The summed E-state index contributed by atoms with van der Waals surface area (Å²) in [6.45, 7) is 10.4. The monoisotopic (exact) mass is 196 g/mol. The minimum atomic E-state index is 0.925.